The zero-order valence-corrected chi connectivity index (χ0v) is 13.5. The number of hydrogen-bond acceptors (Lipinski definition) is 4. The number of amides is 2. The van der Waals surface area contributed by atoms with Crippen molar-refractivity contribution < 1.29 is 9.59 Å². The first kappa shape index (κ1) is 17.7. The quantitative estimate of drug-likeness (QED) is 0.848. The van der Waals surface area contributed by atoms with E-state index in [1.807, 2.05) is 24.3 Å². The van der Waals surface area contributed by atoms with Gasteiger partial charge in [0.15, 0.2) is 0 Å². The SMILES string of the molecule is N#CCC(=O)Nc1ccc(Cc2ccc(NC(=O)CC#N)cc2)cc1. The highest BCUT2D eigenvalue weighted by molar-refractivity contribution is 5.92. The van der Waals surface area contributed by atoms with Crippen molar-refractivity contribution in [2.45, 2.75) is 19.3 Å². The normalized spacial score (nSPS) is 9.52. The van der Waals surface area contributed by atoms with E-state index in [1.54, 1.807) is 36.4 Å². The molecular weight excluding hydrogens is 316 g/mol. The second-order valence-corrected chi connectivity index (χ2v) is 5.34. The van der Waals surface area contributed by atoms with Gasteiger partial charge in [-0.15, -0.1) is 0 Å². The van der Waals surface area contributed by atoms with E-state index in [0.29, 0.717) is 17.8 Å². The number of nitriles is 2. The Bertz CT molecular complexity index is 756. The van der Waals surface area contributed by atoms with Gasteiger partial charge in [0, 0.05) is 11.4 Å². The zero-order valence-electron chi connectivity index (χ0n) is 13.5. The predicted molar refractivity (Wildman–Crippen MR) is 93.4 cm³/mol. The van der Waals surface area contributed by atoms with Crippen LogP contribution >= 0.6 is 0 Å². The second kappa shape index (κ2) is 8.85. The van der Waals surface area contributed by atoms with Crippen molar-refractivity contribution >= 4 is 23.2 Å². The van der Waals surface area contributed by atoms with Crippen molar-refractivity contribution in [3.8, 4) is 12.1 Å². The average Bonchev–Trinajstić information content (AvgIpc) is 2.59. The number of nitrogens with zero attached hydrogens (tertiary/aromatic N) is 2. The van der Waals surface area contributed by atoms with Crippen LogP contribution in [0.3, 0.4) is 0 Å². The molecule has 0 atom stereocenters. The summed E-state index contributed by atoms with van der Waals surface area (Å²) in [6.07, 6.45) is 0.372. The maximum Gasteiger partial charge on any atom is 0.238 e. The fraction of sp³-hybridized carbons (Fsp3) is 0.158. The Hall–Kier alpha value is -3.64. The third-order valence-corrected chi connectivity index (χ3v) is 3.36. The summed E-state index contributed by atoms with van der Waals surface area (Å²) in [6.45, 7) is 0. The van der Waals surface area contributed by atoms with Crippen LogP contribution in [-0.2, 0) is 16.0 Å². The van der Waals surface area contributed by atoms with Crippen LogP contribution in [0.5, 0.6) is 0 Å². The van der Waals surface area contributed by atoms with Gasteiger partial charge in [-0.05, 0) is 41.8 Å². The topological polar surface area (TPSA) is 106 Å². The smallest absolute Gasteiger partial charge is 0.238 e. The first-order chi connectivity index (χ1) is 12.1. The van der Waals surface area contributed by atoms with Crippen LogP contribution in [0, 0.1) is 22.7 Å². The standard InChI is InChI=1S/C19H16N4O2/c20-11-9-18(24)22-16-5-1-14(2-6-16)13-15-3-7-17(8-4-15)23-19(25)10-12-21/h1-8H,9-10,13H2,(H,22,24)(H,23,25). The molecule has 0 fully saturated rings. The highest BCUT2D eigenvalue weighted by Crippen LogP contribution is 2.16. The number of carbonyl (C=O) groups excluding carboxylic acids is 2. The van der Waals surface area contributed by atoms with Crippen LogP contribution < -0.4 is 10.6 Å². The van der Waals surface area contributed by atoms with Gasteiger partial charge in [0.05, 0.1) is 12.1 Å². The molecule has 6 heteroatoms. The lowest BCUT2D eigenvalue weighted by Crippen LogP contribution is -2.10. The Kier molecular flexibility index (Phi) is 6.27. The number of benzene rings is 2. The lowest BCUT2D eigenvalue weighted by molar-refractivity contribution is -0.116. The first-order valence-corrected chi connectivity index (χ1v) is 7.62. The van der Waals surface area contributed by atoms with Crippen LogP contribution in [0.2, 0.25) is 0 Å². The molecule has 2 aromatic rings. The first-order valence-electron chi connectivity index (χ1n) is 7.62. The minimum Gasteiger partial charge on any atom is -0.325 e. The number of anilines is 2. The molecule has 0 aliphatic rings. The van der Waals surface area contributed by atoms with Gasteiger partial charge in [-0.3, -0.25) is 9.59 Å². The number of carbonyl (C=O) groups is 2. The van der Waals surface area contributed by atoms with Crippen LogP contribution in [0.15, 0.2) is 48.5 Å². The molecule has 0 bridgehead atoms. The third-order valence-electron chi connectivity index (χ3n) is 3.36. The fourth-order valence-electron chi connectivity index (χ4n) is 2.20. The molecule has 0 aliphatic carbocycles. The Labute approximate surface area is 145 Å². The molecule has 124 valence electrons. The monoisotopic (exact) mass is 332 g/mol. The molecule has 2 N–H and O–H groups in total. The maximum absolute atomic E-state index is 11.4. The maximum atomic E-state index is 11.4. The summed E-state index contributed by atoms with van der Waals surface area (Å²) < 4.78 is 0. The second-order valence-electron chi connectivity index (χ2n) is 5.34. The van der Waals surface area contributed by atoms with E-state index in [2.05, 4.69) is 10.6 Å². The summed E-state index contributed by atoms with van der Waals surface area (Å²) >= 11 is 0. The molecule has 0 unspecified atom stereocenters. The van der Waals surface area contributed by atoms with Crippen molar-refractivity contribution in [1.29, 1.82) is 10.5 Å². The van der Waals surface area contributed by atoms with Crippen LogP contribution in [0.1, 0.15) is 24.0 Å². The number of rotatable bonds is 6. The highest BCUT2D eigenvalue weighted by Gasteiger charge is 2.03. The molecule has 2 rings (SSSR count). The van der Waals surface area contributed by atoms with Gasteiger partial charge in [-0.25, -0.2) is 0 Å². The minimum atomic E-state index is -0.329. The lowest BCUT2D eigenvalue weighted by atomic mass is 10.0. The third kappa shape index (κ3) is 5.81. The average molecular weight is 332 g/mol. The van der Waals surface area contributed by atoms with E-state index in [1.165, 1.54) is 0 Å². The van der Waals surface area contributed by atoms with E-state index in [0.717, 1.165) is 11.1 Å². The Morgan fingerprint density at radius 3 is 1.40 bits per heavy atom. The molecule has 0 radical (unpaired) electrons. The summed E-state index contributed by atoms with van der Waals surface area (Å²) in [6, 6.07) is 18.4. The highest BCUT2D eigenvalue weighted by atomic mass is 16.2. The van der Waals surface area contributed by atoms with Crippen molar-refractivity contribution in [3.63, 3.8) is 0 Å². The summed E-state index contributed by atoms with van der Waals surface area (Å²) in [5.41, 5.74) is 3.44. The Morgan fingerprint density at radius 2 is 1.08 bits per heavy atom. The van der Waals surface area contributed by atoms with Crippen molar-refractivity contribution in [2.24, 2.45) is 0 Å². The molecule has 2 aromatic carbocycles. The van der Waals surface area contributed by atoms with E-state index < -0.39 is 0 Å². The largest absolute Gasteiger partial charge is 0.325 e. The zero-order chi connectivity index (χ0) is 18.1. The van der Waals surface area contributed by atoms with Gasteiger partial charge in [0.2, 0.25) is 11.8 Å². The van der Waals surface area contributed by atoms with E-state index in [9.17, 15) is 9.59 Å². The molecule has 0 saturated heterocycles. The number of hydrogen-bond donors (Lipinski definition) is 2. The van der Waals surface area contributed by atoms with Crippen LogP contribution in [0.25, 0.3) is 0 Å². The Balaban J connectivity index is 1.94. The molecule has 0 aromatic heterocycles. The van der Waals surface area contributed by atoms with Crippen molar-refractivity contribution in [2.75, 3.05) is 10.6 Å². The molecule has 0 saturated carbocycles. The van der Waals surface area contributed by atoms with Gasteiger partial charge >= 0.3 is 0 Å². The van der Waals surface area contributed by atoms with E-state index >= 15 is 0 Å². The summed E-state index contributed by atoms with van der Waals surface area (Å²) in [5.74, 6) is -0.659. The molecule has 0 spiro atoms. The number of nitrogens with one attached hydrogen (secondary N) is 2. The molecule has 0 heterocycles. The summed E-state index contributed by atoms with van der Waals surface area (Å²) in [4.78, 5) is 22.7. The van der Waals surface area contributed by atoms with Crippen LogP contribution in [-0.4, -0.2) is 11.8 Å². The fourth-order valence-corrected chi connectivity index (χ4v) is 2.20. The van der Waals surface area contributed by atoms with E-state index in [4.69, 9.17) is 10.5 Å². The van der Waals surface area contributed by atoms with Crippen molar-refractivity contribution in [3.05, 3.63) is 59.7 Å². The van der Waals surface area contributed by atoms with E-state index in [-0.39, 0.29) is 24.7 Å². The van der Waals surface area contributed by atoms with Crippen molar-refractivity contribution in [1.82, 2.24) is 0 Å². The van der Waals surface area contributed by atoms with Crippen LogP contribution in [0.4, 0.5) is 11.4 Å². The minimum absolute atomic E-state index is 0.168. The Morgan fingerprint density at radius 1 is 0.720 bits per heavy atom. The summed E-state index contributed by atoms with van der Waals surface area (Å²) in [5, 5.41) is 22.2. The lowest BCUT2D eigenvalue weighted by Gasteiger charge is -2.07. The molecular formula is C19H16N4O2. The molecule has 0 aliphatic heterocycles. The predicted octanol–water partition coefficient (Wildman–Crippen LogP) is 2.98. The van der Waals surface area contributed by atoms with Gasteiger partial charge in [0.1, 0.15) is 12.8 Å². The van der Waals surface area contributed by atoms with Gasteiger partial charge in [0.25, 0.3) is 0 Å². The molecule has 2 amide bonds. The molecule has 6 nitrogen and oxygen atoms in total. The summed E-state index contributed by atoms with van der Waals surface area (Å²) in [7, 11) is 0. The van der Waals surface area contributed by atoms with Gasteiger partial charge in [-0.2, -0.15) is 10.5 Å². The molecule has 25 heavy (non-hydrogen) atoms. The van der Waals surface area contributed by atoms with Gasteiger partial charge in [-0.1, -0.05) is 24.3 Å². The van der Waals surface area contributed by atoms with Gasteiger partial charge < -0.3 is 10.6 Å².